The van der Waals surface area contributed by atoms with Crippen LogP contribution in [-0.2, 0) is 6.18 Å². The second kappa shape index (κ2) is 7.14. The molecular formula is C13H18F3N3O2+2. The molecule has 0 atom stereocenters. The van der Waals surface area contributed by atoms with Gasteiger partial charge in [-0.05, 0) is 12.8 Å². The number of anilines is 1. The number of nitrogens with zero attached hydrogens (tertiary/aromatic N) is 1. The number of nitrogens with one attached hydrogen (secondary N) is 2. The SMILES string of the molecule is CCCN(CCC)c1c([NH+]=O)cc(C(F)(F)F)cc1[NH+]=O. The first kappa shape index (κ1) is 17.1. The van der Waals surface area contributed by atoms with Gasteiger partial charge in [-0.25, -0.2) is 0 Å². The standard InChI is InChI=1S/C13H16F3N3O2/c1-3-5-19(6-4-2)12-10(17-20)7-9(13(14,15)16)8-11(12)18-21/h7-8H,3-6H2,1-2H3/p+2. The van der Waals surface area contributed by atoms with Crippen LogP contribution in [0.1, 0.15) is 32.3 Å². The van der Waals surface area contributed by atoms with Gasteiger partial charge in [-0.1, -0.05) is 13.8 Å². The summed E-state index contributed by atoms with van der Waals surface area (Å²) < 4.78 is 38.3. The zero-order valence-electron chi connectivity index (χ0n) is 11.9. The van der Waals surface area contributed by atoms with Crippen molar-refractivity contribution < 1.29 is 23.5 Å². The predicted octanol–water partition coefficient (Wildman–Crippen LogP) is 1.29. The Kier molecular flexibility index (Phi) is 5.80. The van der Waals surface area contributed by atoms with E-state index in [1.54, 1.807) is 4.90 Å². The van der Waals surface area contributed by atoms with Gasteiger partial charge in [0.1, 0.15) is 0 Å². The Morgan fingerprint density at radius 2 is 1.43 bits per heavy atom. The molecule has 0 aliphatic heterocycles. The Hall–Kier alpha value is -1.99. The molecule has 116 valence electrons. The molecule has 0 bridgehead atoms. The quantitative estimate of drug-likeness (QED) is 0.798. The summed E-state index contributed by atoms with van der Waals surface area (Å²) in [5.41, 5.74) is -1.39. The second-order valence-electron chi connectivity index (χ2n) is 4.61. The molecule has 1 aromatic rings. The van der Waals surface area contributed by atoms with Crippen molar-refractivity contribution >= 4 is 17.1 Å². The average Bonchev–Trinajstić information content (AvgIpc) is 2.44. The first-order chi connectivity index (χ1) is 9.88. The van der Waals surface area contributed by atoms with Crippen LogP contribution in [0.25, 0.3) is 0 Å². The summed E-state index contributed by atoms with van der Waals surface area (Å²) in [6.45, 7) is 4.87. The lowest BCUT2D eigenvalue weighted by atomic mass is 10.1. The molecule has 2 N–H and O–H groups in total. The van der Waals surface area contributed by atoms with Gasteiger partial charge in [-0.2, -0.15) is 13.2 Å². The number of hydrogen-bond donors (Lipinski definition) is 2. The normalized spacial score (nSPS) is 11.3. The Morgan fingerprint density at radius 3 is 1.71 bits per heavy atom. The molecule has 0 aromatic heterocycles. The van der Waals surface area contributed by atoms with Crippen LogP contribution in [-0.4, -0.2) is 13.1 Å². The Bertz CT molecular complexity index is 483. The van der Waals surface area contributed by atoms with E-state index >= 15 is 0 Å². The third-order valence-electron chi connectivity index (χ3n) is 2.96. The molecule has 0 radical (unpaired) electrons. The lowest BCUT2D eigenvalue weighted by Gasteiger charge is -2.22. The molecule has 0 fully saturated rings. The van der Waals surface area contributed by atoms with Crippen molar-refractivity contribution in [3.05, 3.63) is 27.5 Å². The van der Waals surface area contributed by atoms with Crippen molar-refractivity contribution in [2.45, 2.75) is 32.9 Å². The molecule has 1 aromatic carbocycles. The Labute approximate surface area is 120 Å². The number of hydrogen-bond acceptors (Lipinski definition) is 3. The zero-order valence-corrected chi connectivity index (χ0v) is 11.9. The summed E-state index contributed by atoms with van der Waals surface area (Å²) in [5, 5.41) is 3.02. The predicted molar refractivity (Wildman–Crippen MR) is 72.2 cm³/mol. The highest BCUT2D eigenvalue weighted by Gasteiger charge is 2.36. The minimum Gasteiger partial charge on any atom is -0.360 e. The molecular weight excluding hydrogens is 287 g/mol. The van der Waals surface area contributed by atoms with E-state index in [-0.39, 0.29) is 17.1 Å². The van der Waals surface area contributed by atoms with E-state index in [9.17, 15) is 23.0 Å². The summed E-state index contributed by atoms with van der Waals surface area (Å²) >= 11 is 0. The first-order valence-corrected chi connectivity index (χ1v) is 6.65. The van der Waals surface area contributed by atoms with E-state index < -0.39 is 11.7 Å². The highest BCUT2D eigenvalue weighted by molar-refractivity contribution is 5.75. The van der Waals surface area contributed by atoms with Gasteiger partial charge in [0.2, 0.25) is 0 Å². The molecule has 1 rings (SSSR count). The van der Waals surface area contributed by atoms with Crippen LogP contribution in [0, 0.1) is 9.81 Å². The molecule has 0 aliphatic rings. The summed E-state index contributed by atoms with van der Waals surface area (Å²) in [5.74, 6) is 0. The Morgan fingerprint density at radius 1 is 1.00 bits per heavy atom. The van der Waals surface area contributed by atoms with Gasteiger partial charge < -0.3 is 4.90 Å². The number of nitroso groups, excluding NO2 is 2. The van der Waals surface area contributed by atoms with Gasteiger partial charge in [-0.3, -0.25) is 0 Å². The molecule has 0 amide bonds. The fraction of sp³-hybridized carbons (Fsp3) is 0.538. The van der Waals surface area contributed by atoms with Crippen molar-refractivity contribution in [2.24, 2.45) is 0 Å². The maximum absolute atomic E-state index is 12.8. The van der Waals surface area contributed by atoms with E-state index in [0.717, 1.165) is 25.0 Å². The third kappa shape index (κ3) is 3.99. The van der Waals surface area contributed by atoms with Crippen molar-refractivity contribution in [3.63, 3.8) is 0 Å². The highest BCUT2D eigenvalue weighted by atomic mass is 19.4. The third-order valence-corrected chi connectivity index (χ3v) is 2.96. The van der Waals surface area contributed by atoms with Crippen molar-refractivity contribution in [1.29, 1.82) is 0 Å². The highest BCUT2D eigenvalue weighted by Crippen LogP contribution is 2.37. The lowest BCUT2D eigenvalue weighted by Crippen LogP contribution is -2.60. The topological polar surface area (TPSA) is 65.3 Å². The first-order valence-electron chi connectivity index (χ1n) is 6.65. The van der Waals surface area contributed by atoms with Crippen LogP contribution < -0.4 is 15.3 Å². The molecule has 0 aliphatic carbocycles. The van der Waals surface area contributed by atoms with E-state index in [2.05, 4.69) is 0 Å². The largest absolute Gasteiger partial charge is 0.416 e. The Balaban J connectivity index is 3.48. The van der Waals surface area contributed by atoms with E-state index in [1.807, 2.05) is 13.8 Å². The van der Waals surface area contributed by atoms with E-state index in [0.29, 0.717) is 13.1 Å². The van der Waals surface area contributed by atoms with Gasteiger partial charge in [0.05, 0.1) is 5.56 Å². The number of halogens is 3. The van der Waals surface area contributed by atoms with Crippen molar-refractivity contribution in [3.8, 4) is 0 Å². The fourth-order valence-electron chi connectivity index (χ4n) is 2.17. The number of benzene rings is 1. The molecule has 0 unspecified atom stereocenters. The van der Waals surface area contributed by atoms with Gasteiger partial charge >= 0.3 is 6.18 Å². The minimum atomic E-state index is -4.63. The van der Waals surface area contributed by atoms with E-state index in [4.69, 9.17) is 0 Å². The van der Waals surface area contributed by atoms with Crippen LogP contribution in [0.5, 0.6) is 0 Å². The smallest absolute Gasteiger partial charge is 0.360 e. The van der Waals surface area contributed by atoms with Crippen LogP contribution in [0.4, 0.5) is 30.2 Å². The number of alkyl halides is 3. The maximum Gasteiger partial charge on any atom is 0.416 e. The summed E-state index contributed by atoms with van der Waals surface area (Å²) in [7, 11) is 0. The minimum absolute atomic E-state index is 0.178. The molecule has 21 heavy (non-hydrogen) atoms. The molecule has 0 saturated heterocycles. The van der Waals surface area contributed by atoms with Crippen molar-refractivity contribution in [1.82, 2.24) is 0 Å². The summed E-state index contributed by atoms with van der Waals surface area (Å²) in [6, 6.07) is 1.45. The molecule has 0 saturated carbocycles. The van der Waals surface area contributed by atoms with Gasteiger partial charge in [0, 0.05) is 45.4 Å². The van der Waals surface area contributed by atoms with Crippen LogP contribution in [0.3, 0.4) is 0 Å². The molecule has 8 heteroatoms. The van der Waals surface area contributed by atoms with Crippen LogP contribution in [0.2, 0.25) is 0 Å². The molecule has 5 nitrogen and oxygen atoms in total. The second-order valence-corrected chi connectivity index (χ2v) is 4.61. The van der Waals surface area contributed by atoms with Gasteiger partial charge in [0.25, 0.3) is 11.4 Å². The summed E-state index contributed by atoms with van der Waals surface area (Å²) in [6.07, 6.45) is -3.16. The van der Waals surface area contributed by atoms with Gasteiger partial charge in [0.15, 0.2) is 5.69 Å². The number of rotatable bonds is 7. The monoisotopic (exact) mass is 305 g/mol. The van der Waals surface area contributed by atoms with Crippen molar-refractivity contribution in [2.75, 3.05) is 18.0 Å². The lowest BCUT2D eigenvalue weighted by molar-refractivity contribution is -0.388. The molecule has 0 spiro atoms. The van der Waals surface area contributed by atoms with Gasteiger partial charge in [-0.15, -0.1) is 0 Å². The molecule has 0 heterocycles. The summed E-state index contributed by atoms with van der Waals surface area (Å²) in [4.78, 5) is 23.8. The average molecular weight is 305 g/mol. The van der Waals surface area contributed by atoms with Crippen LogP contribution in [0.15, 0.2) is 12.1 Å². The van der Waals surface area contributed by atoms with E-state index in [1.165, 1.54) is 10.4 Å². The van der Waals surface area contributed by atoms with Crippen LogP contribution >= 0.6 is 0 Å². The zero-order chi connectivity index (χ0) is 16.0. The fourth-order valence-corrected chi connectivity index (χ4v) is 2.17. The maximum atomic E-state index is 12.8.